The lowest BCUT2D eigenvalue weighted by Gasteiger charge is -2.15. The zero-order valence-corrected chi connectivity index (χ0v) is 10.8. The van der Waals surface area contributed by atoms with Gasteiger partial charge in [-0.15, -0.1) is 5.48 Å². The van der Waals surface area contributed by atoms with E-state index in [1.54, 1.807) is 12.1 Å². The molecular weight excluding hydrogens is 266 g/mol. The van der Waals surface area contributed by atoms with Crippen molar-refractivity contribution in [3.05, 3.63) is 35.9 Å². The number of nitrogens with one attached hydrogen (secondary N) is 1. The minimum absolute atomic E-state index is 0.0967. The topological polar surface area (TPSA) is 105 Å². The summed E-state index contributed by atoms with van der Waals surface area (Å²) >= 11 is 0. The van der Waals surface area contributed by atoms with Crippen molar-refractivity contribution >= 4 is 11.9 Å². The van der Waals surface area contributed by atoms with Crippen LogP contribution in [0.15, 0.2) is 30.3 Å². The van der Waals surface area contributed by atoms with E-state index in [1.165, 1.54) is 0 Å². The number of carbonyl (C=O) groups is 2. The maximum absolute atomic E-state index is 11.6. The third-order valence-corrected chi connectivity index (χ3v) is 2.51. The number of carbonyl (C=O) groups excluding carboxylic acids is 1. The van der Waals surface area contributed by atoms with Gasteiger partial charge in [-0.1, -0.05) is 30.3 Å². The van der Waals surface area contributed by atoms with E-state index in [4.69, 9.17) is 15.2 Å². The number of carboxylic acid groups (broad SMARTS) is 1. The number of aliphatic carboxylic acids is 1. The van der Waals surface area contributed by atoms with E-state index in [-0.39, 0.29) is 25.9 Å². The molecule has 7 heteroatoms. The Morgan fingerprint density at radius 1 is 1.25 bits per heavy atom. The van der Waals surface area contributed by atoms with Crippen molar-refractivity contribution in [2.75, 3.05) is 6.61 Å². The van der Waals surface area contributed by atoms with Gasteiger partial charge in [-0.2, -0.15) is 0 Å². The third kappa shape index (κ3) is 6.83. The summed E-state index contributed by atoms with van der Waals surface area (Å²) in [5.74, 6) is -1.49. The highest BCUT2D eigenvalue weighted by Gasteiger charge is 2.14. The molecule has 1 rings (SSSR count). The molecule has 1 atom stereocenters. The van der Waals surface area contributed by atoms with Crippen molar-refractivity contribution in [2.24, 2.45) is 0 Å². The summed E-state index contributed by atoms with van der Waals surface area (Å²) in [5, 5.41) is 16.9. The highest BCUT2D eigenvalue weighted by atomic mass is 17.1. The van der Waals surface area contributed by atoms with Crippen LogP contribution in [0.1, 0.15) is 18.4 Å². The van der Waals surface area contributed by atoms with Gasteiger partial charge in [0.05, 0.1) is 12.5 Å². The number of hydroxylamine groups is 1. The second kappa shape index (κ2) is 9.03. The number of hydrogen-bond acceptors (Lipinski definition) is 6. The average Bonchev–Trinajstić information content (AvgIpc) is 2.43. The van der Waals surface area contributed by atoms with Crippen LogP contribution >= 0.6 is 0 Å². The fourth-order valence-electron chi connectivity index (χ4n) is 1.51. The zero-order valence-electron chi connectivity index (χ0n) is 10.8. The monoisotopic (exact) mass is 283 g/mol. The van der Waals surface area contributed by atoms with E-state index in [9.17, 15) is 9.59 Å². The quantitative estimate of drug-likeness (QED) is 0.458. The molecule has 7 nitrogen and oxygen atoms in total. The molecule has 0 radical (unpaired) electrons. The number of carboxylic acids is 1. The summed E-state index contributed by atoms with van der Waals surface area (Å²) in [7, 11) is 0. The van der Waals surface area contributed by atoms with Crippen molar-refractivity contribution in [1.82, 2.24) is 5.48 Å². The highest BCUT2D eigenvalue weighted by molar-refractivity contribution is 5.72. The normalized spacial score (nSPS) is 11.8. The van der Waals surface area contributed by atoms with Gasteiger partial charge in [-0.05, 0) is 12.0 Å². The van der Waals surface area contributed by atoms with Crippen LogP contribution in [0.25, 0.3) is 0 Å². The van der Waals surface area contributed by atoms with Crippen LogP contribution in [0.5, 0.6) is 0 Å². The average molecular weight is 283 g/mol. The van der Waals surface area contributed by atoms with Crippen LogP contribution in [-0.4, -0.2) is 35.0 Å². The molecule has 1 aromatic rings. The van der Waals surface area contributed by atoms with Crippen LogP contribution in [0.2, 0.25) is 0 Å². The molecule has 0 heterocycles. The van der Waals surface area contributed by atoms with E-state index >= 15 is 0 Å². The molecule has 3 N–H and O–H groups in total. The lowest BCUT2D eigenvalue weighted by Crippen LogP contribution is -2.36. The highest BCUT2D eigenvalue weighted by Crippen LogP contribution is 2.02. The molecule has 0 aliphatic heterocycles. The SMILES string of the molecule is O=C(O)CCC(COO)NOC(=O)Cc1ccccc1. The van der Waals surface area contributed by atoms with Gasteiger partial charge in [0.15, 0.2) is 0 Å². The Kier molecular flexibility index (Phi) is 7.26. The Labute approximate surface area is 116 Å². The van der Waals surface area contributed by atoms with Crippen molar-refractivity contribution in [1.29, 1.82) is 0 Å². The van der Waals surface area contributed by atoms with Gasteiger partial charge in [-0.3, -0.25) is 14.8 Å². The van der Waals surface area contributed by atoms with Gasteiger partial charge in [0, 0.05) is 6.42 Å². The van der Waals surface area contributed by atoms with Crippen LogP contribution in [0.4, 0.5) is 0 Å². The molecule has 0 fully saturated rings. The van der Waals surface area contributed by atoms with Gasteiger partial charge in [0.25, 0.3) is 0 Å². The molecule has 110 valence electrons. The Morgan fingerprint density at radius 3 is 2.55 bits per heavy atom. The summed E-state index contributed by atoms with van der Waals surface area (Å²) < 4.78 is 0. The van der Waals surface area contributed by atoms with Crippen molar-refractivity contribution in [3.63, 3.8) is 0 Å². The molecule has 1 aromatic carbocycles. The Balaban J connectivity index is 2.34. The molecule has 0 saturated heterocycles. The lowest BCUT2D eigenvalue weighted by molar-refractivity contribution is -0.251. The predicted molar refractivity (Wildman–Crippen MR) is 68.6 cm³/mol. The van der Waals surface area contributed by atoms with E-state index in [2.05, 4.69) is 10.4 Å². The van der Waals surface area contributed by atoms with Gasteiger partial charge in [-0.25, -0.2) is 4.89 Å². The molecule has 0 aliphatic rings. The molecule has 1 unspecified atom stereocenters. The summed E-state index contributed by atoms with van der Waals surface area (Å²) in [6.45, 7) is -0.175. The minimum Gasteiger partial charge on any atom is -0.481 e. The van der Waals surface area contributed by atoms with Crippen molar-refractivity contribution in [3.8, 4) is 0 Å². The minimum atomic E-state index is -0.981. The second-order valence-electron chi connectivity index (χ2n) is 4.18. The zero-order chi connectivity index (χ0) is 14.8. The van der Waals surface area contributed by atoms with E-state index in [0.717, 1.165) is 5.56 Å². The van der Waals surface area contributed by atoms with Crippen LogP contribution in [-0.2, 0) is 25.7 Å². The number of benzene rings is 1. The third-order valence-electron chi connectivity index (χ3n) is 2.51. The first-order valence-electron chi connectivity index (χ1n) is 6.09. The summed E-state index contributed by atoms with van der Waals surface area (Å²) in [4.78, 5) is 30.8. The lowest BCUT2D eigenvalue weighted by atomic mass is 10.2. The molecule has 0 aromatic heterocycles. The Bertz CT molecular complexity index is 422. The van der Waals surface area contributed by atoms with Crippen LogP contribution < -0.4 is 5.48 Å². The largest absolute Gasteiger partial charge is 0.481 e. The molecule has 20 heavy (non-hydrogen) atoms. The van der Waals surface area contributed by atoms with Crippen molar-refractivity contribution < 1.29 is 29.7 Å². The maximum Gasteiger partial charge on any atom is 0.329 e. The molecule has 0 spiro atoms. The van der Waals surface area contributed by atoms with Crippen molar-refractivity contribution in [2.45, 2.75) is 25.3 Å². The second-order valence-corrected chi connectivity index (χ2v) is 4.18. The molecular formula is C13H17NO6. The first-order chi connectivity index (χ1) is 9.61. The van der Waals surface area contributed by atoms with Gasteiger partial charge < -0.3 is 9.94 Å². The maximum atomic E-state index is 11.6. The molecule has 0 aliphatic carbocycles. The Hall–Kier alpha value is -1.96. The van der Waals surface area contributed by atoms with E-state index in [1.807, 2.05) is 18.2 Å². The molecule has 0 bridgehead atoms. The van der Waals surface area contributed by atoms with E-state index < -0.39 is 18.0 Å². The molecule has 0 saturated carbocycles. The standard InChI is InChI=1S/C13H17NO6/c15-12(16)7-6-11(9-19-18)14-20-13(17)8-10-4-2-1-3-5-10/h1-5,11,14,18H,6-9H2,(H,15,16). The number of hydrogen-bond donors (Lipinski definition) is 3. The van der Waals surface area contributed by atoms with Gasteiger partial charge >= 0.3 is 11.9 Å². The van der Waals surface area contributed by atoms with Gasteiger partial charge in [0.2, 0.25) is 0 Å². The Morgan fingerprint density at radius 2 is 1.95 bits per heavy atom. The predicted octanol–water partition coefficient (Wildman–Crippen LogP) is 1.000. The number of rotatable bonds is 9. The fourth-order valence-corrected chi connectivity index (χ4v) is 1.51. The summed E-state index contributed by atoms with van der Waals surface area (Å²) in [6, 6.07) is 8.46. The van der Waals surface area contributed by atoms with Crippen LogP contribution in [0.3, 0.4) is 0 Å². The summed E-state index contributed by atoms with van der Waals surface area (Å²) in [6.07, 6.45) is 0.130. The van der Waals surface area contributed by atoms with E-state index in [0.29, 0.717) is 0 Å². The van der Waals surface area contributed by atoms with Gasteiger partial charge in [0.1, 0.15) is 6.61 Å². The molecule has 0 amide bonds. The summed E-state index contributed by atoms with van der Waals surface area (Å²) in [5.41, 5.74) is 3.20. The fraction of sp³-hybridized carbons (Fsp3) is 0.385. The first-order valence-corrected chi connectivity index (χ1v) is 6.09. The first kappa shape index (κ1) is 16.1. The smallest absolute Gasteiger partial charge is 0.329 e. The van der Waals surface area contributed by atoms with Crippen LogP contribution in [0, 0.1) is 0 Å².